The number of amides is 1. The zero-order valence-electron chi connectivity index (χ0n) is 37.8. The van der Waals surface area contributed by atoms with Crippen LogP contribution in [0.25, 0.3) is 0 Å². The lowest BCUT2D eigenvalue weighted by Crippen LogP contribution is -2.50. The fourth-order valence-corrected chi connectivity index (χ4v) is 7.89. The Morgan fingerprint density at radius 3 is 1.09 bits per heavy atom. The maximum absolute atomic E-state index is 12.5. The number of aliphatic hydroxyl groups is 3. The van der Waals surface area contributed by atoms with Crippen molar-refractivity contribution < 1.29 is 20.1 Å². The number of carbonyl (C=O) groups is 1. The molecule has 0 saturated heterocycles. The third-order valence-corrected chi connectivity index (χ3v) is 11.8. The summed E-state index contributed by atoms with van der Waals surface area (Å²) < 4.78 is 0. The van der Waals surface area contributed by atoms with Gasteiger partial charge in [0.1, 0.15) is 6.10 Å². The summed E-state index contributed by atoms with van der Waals surface area (Å²) in [5.41, 5.74) is 0. The molecule has 1 amide bonds. The van der Waals surface area contributed by atoms with Crippen molar-refractivity contribution in [3.63, 3.8) is 0 Å². The monoisotopic (exact) mass is 790 g/mol. The first-order valence-corrected chi connectivity index (χ1v) is 25.1. The molecule has 0 radical (unpaired) electrons. The van der Waals surface area contributed by atoms with Crippen LogP contribution in [-0.4, -0.2) is 46.1 Å². The van der Waals surface area contributed by atoms with Crippen molar-refractivity contribution >= 4 is 5.91 Å². The molecule has 5 nitrogen and oxygen atoms in total. The van der Waals surface area contributed by atoms with Crippen molar-refractivity contribution in [2.24, 2.45) is 0 Å². The standard InChI is InChI=1S/C51H99NO4/c1-3-5-7-9-11-13-15-17-19-21-22-23-24-25-26-27-28-29-30-32-34-36-38-40-42-44-46-50(55)52-48(47-53)51(56)49(54)45-43-41-39-37-35-33-31-20-18-16-14-12-10-8-6-4-2/h20,31,37,39,48-49,51,53-54,56H,3-19,21-30,32-36,38,40-47H2,1-2H3,(H,52,55)/b31-20+,39-37+. The minimum absolute atomic E-state index is 0.154. The van der Waals surface area contributed by atoms with Crippen LogP contribution >= 0.6 is 0 Å². The highest BCUT2D eigenvalue weighted by atomic mass is 16.3. The van der Waals surface area contributed by atoms with Crippen LogP contribution in [0.3, 0.4) is 0 Å². The summed E-state index contributed by atoms with van der Waals surface area (Å²) in [5, 5.41) is 33.6. The number of hydrogen-bond acceptors (Lipinski definition) is 4. The lowest BCUT2D eigenvalue weighted by atomic mass is 10.0. The Bertz CT molecular complexity index is 829. The molecule has 0 bridgehead atoms. The number of allylic oxidation sites excluding steroid dienone is 4. The lowest BCUT2D eigenvalue weighted by Gasteiger charge is -2.26. The van der Waals surface area contributed by atoms with Crippen LogP contribution in [0.2, 0.25) is 0 Å². The Morgan fingerprint density at radius 2 is 0.732 bits per heavy atom. The summed E-state index contributed by atoms with van der Waals surface area (Å²) in [6.45, 7) is 4.18. The average Bonchev–Trinajstić information content (AvgIpc) is 3.20. The molecule has 56 heavy (non-hydrogen) atoms. The molecule has 0 saturated carbocycles. The summed E-state index contributed by atoms with van der Waals surface area (Å²) in [6.07, 6.45) is 57.4. The summed E-state index contributed by atoms with van der Waals surface area (Å²) in [6, 6.07) is -0.829. The normalized spacial score (nSPS) is 13.6. The van der Waals surface area contributed by atoms with Crippen molar-refractivity contribution in [3.8, 4) is 0 Å². The molecule has 3 atom stereocenters. The second-order valence-corrected chi connectivity index (χ2v) is 17.4. The molecule has 0 aliphatic carbocycles. The highest BCUT2D eigenvalue weighted by Gasteiger charge is 2.26. The van der Waals surface area contributed by atoms with Gasteiger partial charge < -0.3 is 20.6 Å². The predicted molar refractivity (Wildman–Crippen MR) is 245 cm³/mol. The number of unbranched alkanes of at least 4 members (excludes halogenated alkanes) is 34. The van der Waals surface area contributed by atoms with Crippen molar-refractivity contribution in [2.45, 2.75) is 289 Å². The number of rotatable bonds is 46. The first kappa shape index (κ1) is 54.8. The minimum atomic E-state index is -1.16. The summed E-state index contributed by atoms with van der Waals surface area (Å²) >= 11 is 0. The smallest absolute Gasteiger partial charge is 0.220 e. The predicted octanol–water partition coefficient (Wildman–Crippen LogP) is 14.9. The van der Waals surface area contributed by atoms with Crippen molar-refractivity contribution in [1.29, 1.82) is 0 Å². The van der Waals surface area contributed by atoms with Crippen LogP contribution < -0.4 is 5.32 Å². The highest BCUT2D eigenvalue weighted by Crippen LogP contribution is 2.17. The van der Waals surface area contributed by atoms with E-state index in [9.17, 15) is 20.1 Å². The van der Waals surface area contributed by atoms with Gasteiger partial charge in [-0.05, 0) is 51.4 Å². The first-order valence-electron chi connectivity index (χ1n) is 25.1. The van der Waals surface area contributed by atoms with Crippen molar-refractivity contribution in [1.82, 2.24) is 5.32 Å². The minimum Gasteiger partial charge on any atom is -0.394 e. The lowest BCUT2D eigenvalue weighted by molar-refractivity contribution is -0.124. The summed E-state index contributed by atoms with van der Waals surface area (Å²) in [4.78, 5) is 12.5. The molecular weight excluding hydrogens is 691 g/mol. The van der Waals surface area contributed by atoms with Gasteiger partial charge in [-0.25, -0.2) is 0 Å². The van der Waals surface area contributed by atoms with Crippen molar-refractivity contribution in [3.05, 3.63) is 24.3 Å². The number of carbonyl (C=O) groups excluding carboxylic acids is 1. The molecule has 0 aromatic rings. The van der Waals surface area contributed by atoms with Gasteiger partial charge in [0.05, 0.1) is 18.8 Å². The fourth-order valence-electron chi connectivity index (χ4n) is 7.89. The van der Waals surface area contributed by atoms with Gasteiger partial charge in [0, 0.05) is 6.42 Å². The van der Waals surface area contributed by atoms with Gasteiger partial charge >= 0.3 is 0 Å². The Balaban J connectivity index is 3.57. The molecule has 5 heteroatoms. The maximum Gasteiger partial charge on any atom is 0.220 e. The second-order valence-electron chi connectivity index (χ2n) is 17.4. The maximum atomic E-state index is 12.5. The van der Waals surface area contributed by atoms with Gasteiger partial charge in [0.2, 0.25) is 5.91 Å². The number of aliphatic hydroxyl groups excluding tert-OH is 3. The van der Waals surface area contributed by atoms with E-state index in [0.29, 0.717) is 12.8 Å². The first-order chi connectivity index (χ1) is 27.6. The quantitative estimate of drug-likeness (QED) is 0.0365. The zero-order valence-corrected chi connectivity index (χ0v) is 37.8. The van der Waals surface area contributed by atoms with Gasteiger partial charge in [-0.1, -0.05) is 237 Å². The van der Waals surface area contributed by atoms with E-state index in [4.69, 9.17) is 0 Å². The highest BCUT2D eigenvalue weighted by molar-refractivity contribution is 5.76. The Kier molecular flexibility index (Phi) is 45.5. The van der Waals surface area contributed by atoms with E-state index in [0.717, 1.165) is 44.9 Å². The molecule has 0 aliphatic heterocycles. The molecule has 0 rings (SSSR count). The third-order valence-electron chi connectivity index (χ3n) is 11.8. The van der Waals surface area contributed by atoms with Crippen molar-refractivity contribution in [2.75, 3.05) is 6.61 Å². The fraction of sp³-hybridized carbons (Fsp3) is 0.902. The summed E-state index contributed by atoms with van der Waals surface area (Å²) in [7, 11) is 0. The zero-order chi connectivity index (χ0) is 40.8. The Labute approximate surface area is 350 Å². The Hall–Kier alpha value is -1.17. The van der Waals surface area contributed by atoms with E-state index in [1.807, 2.05) is 0 Å². The van der Waals surface area contributed by atoms with Crippen LogP contribution in [0, 0.1) is 0 Å². The molecule has 0 fully saturated rings. The van der Waals surface area contributed by atoms with Gasteiger partial charge in [-0.3, -0.25) is 4.79 Å². The molecule has 0 aromatic carbocycles. The van der Waals surface area contributed by atoms with Gasteiger partial charge in [-0.15, -0.1) is 0 Å². The van der Waals surface area contributed by atoms with E-state index >= 15 is 0 Å². The van der Waals surface area contributed by atoms with Crippen LogP contribution in [-0.2, 0) is 4.79 Å². The topological polar surface area (TPSA) is 89.8 Å². The van der Waals surface area contributed by atoms with Crippen LogP contribution in [0.15, 0.2) is 24.3 Å². The number of nitrogens with one attached hydrogen (secondary N) is 1. The second kappa shape index (κ2) is 46.5. The van der Waals surface area contributed by atoms with Crippen LogP contribution in [0.5, 0.6) is 0 Å². The third kappa shape index (κ3) is 41.0. The Morgan fingerprint density at radius 1 is 0.429 bits per heavy atom. The van der Waals surface area contributed by atoms with E-state index < -0.39 is 18.2 Å². The van der Waals surface area contributed by atoms with Gasteiger partial charge in [-0.2, -0.15) is 0 Å². The molecule has 4 N–H and O–H groups in total. The van der Waals surface area contributed by atoms with E-state index in [2.05, 4.69) is 43.5 Å². The molecule has 0 heterocycles. The van der Waals surface area contributed by atoms with Crippen LogP contribution in [0.4, 0.5) is 0 Å². The molecule has 332 valence electrons. The summed E-state index contributed by atoms with van der Waals surface area (Å²) in [5.74, 6) is -0.154. The van der Waals surface area contributed by atoms with Gasteiger partial charge in [0.25, 0.3) is 0 Å². The average molecular weight is 790 g/mol. The van der Waals surface area contributed by atoms with E-state index in [-0.39, 0.29) is 12.5 Å². The van der Waals surface area contributed by atoms with E-state index in [1.54, 1.807) is 0 Å². The molecule has 3 unspecified atom stereocenters. The molecular formula is C51H99NO4. The molecule has 0 spiro atoms. The van der Waals surface area contributed by atoms with Crippen LogP contribution in [0.1, 0.15) is 271 Å². The SMILES string of the molecule is CCCCCCCCC/C=C/CC/C=C/CCCC(O)C(O)C(CO)NC(=O)CCCCCCCCCCCCCCCCCCCCCCCCCCCC. The molecule has 0 aromatic heterocycles. The number of hydrogen-bond donors (Lipinski definition) is 4. The largest absolute Gasteiger partial charge is 0.394 e. The molecule has 0 aliphatic rings. The van der Waals surface area contributed by atoms with Gasteiger partial charge in [0.15, 0.2) is 0 Å². The van der Waals surface area contributed by atoms with E-state index in [1.165, 1.54) is 199 Å².